The Hall–Kier alpha value is -0.870. The molecule has 1 aromatic rings. The van der Waals surface area contributed by atoms with Crippen LogP contribution in [0, 0.1) is 6.92 Å². The molecule has 4 heteroatoms. The molecular formula is C10H12O3S. The fraction of sp³-hybridized carbons (Fsp3) is 0.400. The van der Waals surface area contributed by atoms with Crippen molar-refractivity contribution in [1.29, 1.82) is 0 Å². The van der Waals surface area contributed by atoms with Gasteiger partial charge in [0.1, 0.15) is 5.60 Å². The number of hydrogen-bond acceptors (Lipinski definition) is 3. The fourth-order valence-electron chi connectivity index (χ4n) is 1.86. The highest BCUT2D eigenvalue weighted by molar-refractivity contribution is 7.91. The molecule has 1 aliphatic rings. The Bertz CT molecular complexity index is 486. The minimum absolute atomic E-state index is 0.210. The number of hydrogen-bond donors (Lipinski definition) is 1. The number of rotatable bonds is 0. The molecule has 0 fully saturated rings. The summed E-state index contributed by atoms with van der Waals surface area (Å²) in [5.41, 5.74) is 0.176. The van der Waals surface area contributed by atoms with Crippen molar-refractivity contribution in [1.82, 2.24) is 0 Å². The topological polar surface area (TPSA) is 54.4 Å². The Labute approximate surface area is 83.3 Å². The molecule has 1 atom stereocenters. The van der Waals surface area contributed by atoms with Gasteiger partial charge in [0.25, 0.3) is 0 Å². The van der Waals surface area contributed by atoms with Crippen molar-refractivity contribution in [2.45, 2.75) is 24.3 Å². The van der Waals surface area contributed by atoms with Crippen LogP contribution in [0.4, 0.5) is 0 Å². The maximum atomic E-state index is 11.7. The van der Waals surface area contributed by atoms with Crippen molar-refractivity contribution in [3.63, 3.8) is 0 Å². The van der Waals surface area contributed by atoms with E-state index in [0.29, 0.717) is 5.56 Å². The number of fused-ring (bicyclic) bond motifs is 1. The average molecular weight is 212 g/mol. The van der Waals surface area contributed by atoms with Crippen LogP contribution in [0.15, 0.2) is 23.1 Å². The third-order valence-corrected chi connectivity index (χ3v) is 4.47. The molecule has 1 N–H and O–H groups in total. The third kappa shape index (κ3) is 1.26. The normalized spacial score (nSPS) is 28.8. The molecule has 1 unspecified atom stereocenters. The van der Waals surface area contributed by atoms with Gasteiger partial charge in [-0.3, -0.25) is 0 Å². The smallest absolute Gasteiger partial charge is 0.181 e. The second-order valence-corrected chi connectivity index (χ2v) is 5.99. The van der Waals surface area contributed by atoms with Gasteiger partial charge >= 0.3 is 0 Å². The first-order chi connectivity index (χ1) is 6.33. The van der Waals surface area contributed by atoms with Gasteiger partial charge in [-0.1, -0.05) is 12.1 Å². The van der Waals surface area contributed by atoms with E-state index in [4.69, 9.17) is 0 Å². The summed E-state index contributed by atoms with van der Waals surface area (Å²) in [4.78, 5) is 0.280. The molecule has 0 spiro atoms. The van der Waals surface area contributed by atoms with E-state index in [1.54, 1.807) is 12.1 Å². The lowest BCUT2D eigenvalue weighted by Gasteiger charge is -2.15. The van der Waals surface area contributed by atoms with Crippen molar-refractivity contribution >= 4 is 9.84 Å². The molecule has 0 saturated heterocycles. The van der Waals surface area contributed by atoms with Crippen LogP contribution in [-0.4, -0.2) is 19.3 Å². The van der Waals surface area contributed by atoms with Gasteiger partial charge in [-0.2, -0.15) is 0 Å². The molecule has 0 aromatic heterocycles. The molecule has 1 aliphatic heterocycles. The first-order valence-corrected chi connectivity index (χ1v) is 6.04. The largest absolute Gasteiger partial charge is 0.384 e. The second-order valence-electron chi connectivity index (χ2n) is 4.03. The fourth-order valence-corrected chi connectivity index (χ4v) is 3.90. The molecule has 14 heavy (non-hydrogen) atoms. The number of aliphatic hydroxyl groups is 1. The first-order valence-electron chi connectivity index (χ1n) is 4.39. The highest BCUT2D eigenvalue weighted by Crippen LogP contribution is 2.37. The van der Waals surface area contributed by atoms with Crippen molar-refractivity contribution < 1.29 is 13.5 Å². The highest BCUT2D eigenvalue weighted by atomic mass is 32.2. The van der Waals surface area contributed by atoms with Crippen LogP contribution < -0.4 is 0 Å². The summed E-state index contributed by atoms with van der Waals surface area (Å²) >= 11 is 0. The van der Waals surface area contributed by atoms with Crippen LogP contribution >= 0.6 is 0 Å². The Balaban J connectivity index is 2.79. The summed E-state index contributed by atoms with van der Waals surface area (Å²) in [5.74, 6) is -0.210. The third-order valence-electron chi connectivity index (χ3n) is 2.52. The molecule has 3 nitrogen and oxygen atoms in total. The van der Waals surface area contributed by atoms with Crippen molar-refractivity contribution in [2.75, 3.05) is 5.75 Å². The lowest BCUT2D eigenvalue weighted by Crippen LogP contribution is -2.22. The molecule has 1 heterocycles. The number of sulfone groups is 1. The summed E-state index contributed by atoms with van der Waals surface area (Å²) in [6, 6.07) is 5.12. The van der Waals surface area contributed by atoms with E-state index in [1.165, 1.54) is 6.92 Å². The zero-order valence-electron chi connectivity index (χ0n) is 8.11. The maximum absolute atomic E-state index is 11.7. The zero-order chi connectivity index (χ0) is 10.6. The van der Waals surface area contributed by atoms with Gasteiger partial charge in [0.05, 0.1) is 10.6 Å². The molecule has 2 rings (SSSR count). The number of benzene rings is 1. The summed E-state index contributed by atoms with van der Waals surface area (Å²) in [6.45, 7) is 3.37. The summed E-state index contributed by atoms with van der Waals surface area (Å²) in [7, 11) is -3.29. The monoisotopic (exact) mass is 212 g/mol. The quantitative estimate of drug-likeness (QED) is 0.697. The average Bonchev–Trinajstić information content (AvgIpc) is 2.17. The van der Waals surface area contributed by atoms with Gasteiger partial charge in [0.15, 0.2) is 9.84 Å². The van der Waals surface area contributed by atoms with Crippen LogP contribution in [0.25, 0.3) is 0 Å². The van der Waals surface area contributed by atoms with E-state index >= 15 is 0 Å². The van der Waals surface area contributed by atoms with Gasteiger partial charge in [-0.05, 0) is 25.5 Å². The summed E-state index contributed by atoms with van der Waals surface area (Å²) in [5, 5.41) is 9.89. The SMILES string of the molecule is Cc1ccc2c(c1)S(=O)(=O)CC2(C)O. The molecule has 76 valence electrons. The summed E-state index contributed by atoms with van der Waals surface area (Å²) in [6.07, 6.45) is 0. The van der Waals surface area contributed by atoms with Gasteiger partial charge in [-0.25, -0.2) is 8.42 Å². The van der Waals surface area contributed by atoms with Crippen LogP contribution in [0.5, 0.6) is 0 Å². The zero-order valence-corrected chi connectivity index (χ0v) is 8.93. The second kappa shape index (κ2) is 2.58. The van der Waals surface area contributed by atoms with Crippen molar-refractivity contribution in [2.24, 2.45) is 0 Å². The van der Waals surface area contributed by atoms with Crippen LogP contribution in [0.1, 0.15) is 18.1 Å². The lowest BCUT2D eigenvalue weighted by molar-refractivity contribution is 0.0842. The molecule has 0 aliphatic carbocycles. The standard InChI is InChI=1S/C10H12O3S/c1-7-3-4-8-9(5-7)14(12,13)6-10(8,2)11/h3-5,11H,6H2,1-2H3. The molecule has 0 bridgehead atoms. The molecule has 0 radical (unpaired) electrons. The van der Waals surface area contributed by atoms with Gasteiger partial charge in [0, 0.05) is 5.56 Å². The predicted octanol–water partition coefficient (Wildman–Crippen LogP) is 0.990. The van der Waals surface area contributed by atoms with Crippen molar-refractivity contribution in [3.05, 3.63) is 29.3 Å². The van der Waals surface area contributed by atoms with Crippen LogP contribution in [0.2, 0.25) is 0 Å². The van der Waals surface area contributed by atoms with E-state index in [0.717, 1.165) is 5.56 Å². The Morgan fingerprint density at radius 3 is 2.71 bits per heavy atom. The van der Waals surface area contributed by atoms with Crippen LogP contribution in [-0.2, 0) is 15.4 Å². The van der Waals surface area contributed by atoms with Gasteiger partial charge in [-0.15, -0.1) is 0 Å². The molecular weight excluding hydrogens is 200 g/mol. The van der Waals surface area contributed by atoms with E-state index in [9.17, 15) is 13.5 Å². The van der Waals surface area contributed by atoms with E-state index in [1.807, 2.05) is 13.0 Å². The molecule has 1 aromatic carbocycles. The number of aryl methyl sites for hydroxylation is 1. The van der Waals surface area contributed by atoms with E-state index in [2.05, 4.69) is 0 Å². The Kier molecular flexibility index (Phi) is 1.78. The molecule has 0 amide bonds. The van der Waals surface area contributed by atoms with Gasteiger partial charge in [0.2, 0.25) is 0 Å². The minimum Gasteiger partial charge on any atom is -0.384 e. The Morgan fingerprint density at radius 2 is 2.07 bits per heavy atom. The van der Waals surface area contributed by atoms with Gasteiger partial charge < -0.3 is 5.11 Å². The predicted molar refractivity (Wildman–Crippen MR) is 52.8 cm³/mol. The van der Waals surface area contributed by atoms with Crippen molar-refractivity contribution in [3.8, 4) is 0 Å². The van der Waals surface area contributed by atoms with E-state index < -0.39 is 15.4 Å². The molecule has 0 saturated carbocycles. The minimum atomic E-state index is -3.29. The lowest BCUT2D eigenvalue weighted by atomic mass is 9.98. The van der Waals surface area contributed by atoms with Crippen LogP contribution in [0.3, 0.4) is 0 Å². The summed E-state index contributed by atoms with van der Waals surface area (Å²) < 4.78 is 23.3. The van der Waals surface area contributed by atoms with E-state index in [-0.39, 0.29) is 10.6 Å². The highest BCUT2D eigenvalue weighted by Gasteiger charge is 2.42. The Morgan fingerprint density at radius 1 is 1.43 bits per heavy atom. The maximum Gasteiger partial charge on any atom is 0.181 e. The first kappa shape index (κ1) is 9.68.